The highest BCUT2D eigenvalue weighted by Crippen LogP contribution is 2.25. The number of benzene rings is 2. The van der Waals surface area contributed by atoms with E-state index in [-0.39, 0.29) is 56.4 Å². The highest BCUT2D eigenvalue weighted by molar-refractivity contribution is 5.95. The van der Waals surface area contributed by atoms with Gasteiger partial charge in [0.05, 0.1) is 77.8 Å². The number of ether oxygens (including phenoxy) is 4. The number of rotatable bonds is 26. The maximum atomic E-state index is 13.3. The van der Waals surface area contributed by atoms with Crippen LogP contribution >= 0.6 is 0 Å². The lowest BCUT2D eigenvalue weighted by atomic mass is 10.0. The number of allylic oxidation sites excluding steroid dienone is 1. The standard InChI is InChI=1S/C40H57N5O7/c1-4-10-33(5-2)29-43-32(3)44-39(47)30-41-20-22-50-24-26-52-28-27-51-25-23-49-21-18-38(46)42-19-17-40(48)45-31-36-13-7-6-11-34(36)15-16-35-12-8-9-14-37(35)45/h5-9,11-14,32,41,43H,4,10,17-31H2,1-3H3,(H,42,46)(H,44,47)/b33-5+/t32-/m0/s1. The summed E-state index contributed by atoms with van der Waals surface area (Å²) >= 11 is 0. The van der Waals surface area contributed by atoms with Gasteiger partial charge >= 0.3 is 0 Å². The number of amides is 3. The summed E-state index contributed by atoms with van der Waals surface area (Å²) in [7, 11) is 0. The van der Waals surface area contributed by atoms with Crippen LogP contribution in [0.3, 0.4) is 0 Å². The van der Waals surface area contributed by atoms with E-state index in [1.54, 1.807) is 4.90 Å². The topological polar surface area (TPSA) is 139 Å². The number of fused-ring (bicyclic) bond motifs is 2. The first-order chi connectivity index (χ1) is 25.4. The molecule has 0 saturated heterocycles. The Kier molecular flexibility index (Phi) is 21.0. The number of anilines is 1. The Morgan fingerprint density at radius 1 is 0.769 bits per heavy atom. The van der Waals surface area contributed by atoms with Gasteiger partial charge in [-0.05, 0) is 44.0 Å². The van der Waals surface area contributed by atoms with Crippen LogP contribution in [0.25, 0.3) is 0 Å². The van der Waals surface area contributed by atoms with Crippen LogP contribution in [0.1, 0.15) is 63.1 Å². The van der Waals surface area contributed by atoms with Crippen LogP contribution < -0.4 is 26.2 Å². The van der Waals surface area contributed by atoms with E-state index < -0.39 is 0 Å². The fourth-order valence-corrected chi connectivity index (χ4v) is 5.30. The first-order valence-corrected chi connectivity index (χ1v) is 18.4. The van der Waals surface area contributed by atoms with Crippen molar-refractivity contribution in [3.05, 3.63) is 76.9 Å². The number of hydrogen-bond donors (Lipinski definition) is 4. The zero-order valence-corrected chi connectivity index (χ0v) is 31.1. The Labute approximate surface area is 309 Å². The van der Waals surface area contributed by atoms with Gasteiger partial charge in [0, 0.05) is 43.6 Å². The number of nitrogens with zero attached hydrogens (tertiary/aromatic N) is 1. The Hall–Kier alpha value is -4.09. The van der Waals surface area contributed by atoms with Gasteiger partial charge in [0.2, 0.25) is 17.7 Å². The van der Waals surface area contributed by atoms with Crippen LogP contribution in [0.15, 0.2) is 60.2 Å². The van der Waals surface area contributed by atoms with E-state index in [1.807, 2.05) is 62.4 Å². The summed E-state index contributed by atoms with van der Waals surface area (Å²) in [5.41, 5.74) is 4.81. The van der Waals surface area contributed by atoms with E-state index >= 15 is 0 Å². The monoisotopic (exact) mass is 719 g/mol. The molecule has 0 aromatic heterocycles. The lowest BCUT2D eigenvalue weighted by Crippen LogP contribution is -2.47. The molecule has 0 unspecified atom stereocenters. The molecule has 2 aromatic rings. The van der Waals surface area contributed by atoms with Crippen molar-refractivity contribution < 1.29 is 33.3 Å². The second-order valence-electron chi connectivity index (χ2n) is 12.2. The molecule has 2 aromatic carbocycles. The fourth-order valence-electron chi connectivity index (χ4n) is 5.30. The summed E-state index contributed by atoms with van der Waals surface area (Å²) < 4.78 is 22.1. The van der Waals surface area contributed by atoms with Crippen LogP contribution in [0, 0.1) is 11.8 Å². The van der Waals surface area contributed by atoms with E-state index in [4.69, 9.17) is 18.9 Å². The number of carbonyl (C=O) groups is 3. The summed E-state index contributed by atoms with van der Waals surface area (Å²) in [4.78, 5) is 39.4. The Balaban J connectivity index is 1.11. The van der Waals surface area contributed by atoms with Crippen molar-refractivity contribution in [2.75, 3.05) is 83.9 Å². The molecule has 0 fully saturated rings. The van der Waals surface area contributed by atoms with Crippen molar-refractivity contribution in [2.45, 2.75) is 59.2 Å². The van der Waals surface area contributed by atoms with Gasteiger partial charge in [0.1, 0.15) is 0 Å². The molecule has 0 bridgehead atoms. The molecule has 4 N–H and O–H groups in total. The van der Waals surface area contributed by atoms with E-state index in [9.17, 15) is 14.4 Å². The van der Waals surface area contributed by atoms with Gasteiger partial charge in [-0.1, -0.05) is 67.2 Å². The van der Waals surface area contributed by atoms with Crippen LogP contribution in [-0.2, 0) is 39.9 Å². The third-order valence-corrected chi connectivity index (χ3v) is 8.12. The number of para-hydroxylation sites is 1. The van der Waals surface area contributed by atoms with E-state index in [0.29, 0.717) is 59.3 Å². The maximum Gasteiger partial charge on any atom is 0.235 e. The third kappa shape index (κ3) is 17.0. The average Bonchev–Trinajstić information content (AvgIpc) is 3.14. The Morgan fingerprint density at radius 3 is 2.12 bits per heavy atom. The van der Waals surface area contributed by atoms with E-state index in [0.717, 1.165) is 41.8 Å². The maximum absolute atomic E-state index is 13.3. The van der Waals surface area contributed by atoms with E-state index in [1.165, 1.54) is 5.57 Å². The largest absolute Gasteiger partial charge is 0.379 e. The summed E-state index contributed by atoms with van der Waals surface area (Å²) in [6.07, 6.45) is 4.56. The molecule has 3 rings (SSSR count). The minimum Gasteiger partial charge on any atom is -0.379 e. The number of nitrogens with one attached hydrogen (secondary N) is 4. The normalized spacial score (nSPS) is 12.8. The average molecular weight is 720 g/mol. The van der Waals surface area contributed by atoms with Gasteiger partial charge in [-0.3, -0.25) is 19.7 Å². The van der Waals surface area contributed by atoms with Crippen LogP contribution in [0.5, 0.6) is 0 Å². The molecule has 12 heteroatoms. The summed E-state index contributed by atoms with van der Waals surface area (Å²) in [6.45, 7) is 11.6. The number of hydrogen-bond acceptors (Lipinski definition) is 9. The second kappa shape index (κ2) is 25.8. The molecule has 0 radical (unpaired) electrons. The third-order valence-electron chi connectivity index (χ3n) is 8.12. The number of carbonyl (C=O) groups excluding carboxylic acids is 3. The van der Waals surface area contributed by atoms with Gasteiger partial charge in [-0.2, -0.15) is 0 Å². The zero-order valence-electron chi connectivity index (χ0n) is 31.1. The molecule has 0 saturated carbocycles. The minimum atomic E-state index is -0.172. The Morgan fingerprint density at radius 2 is 1.40 bits per heavy atom. The van der Waals surface area contributed by atoms with Crippen molar-refractivity contribution >= 4 is 23.4 Å². The highest BCUT2D eigenvalue weighted by Gasteiger charge is 2.21. The van der Waals surface area contributed by atoms with Crippen LogP contribution in [-0.4, -0.2) is 103 Å². The molecule has 284 valence electrons. The zero-order chi connectivity index (χ0) is 37.2. The van der Waals surface area contributed by atoms with Gasteiger partial charge < -0.3 is 39.8 Å². The first-order valence-electron chi connectivity index (χ1n) is 18.4. The molecular weight excluding hydrogens is 662 g/mol. The van der Waals surface area contributed by atoms with Crippen LogP contribution in [0.2, 0.25) is 0 Å². The predicted octanol–water partition coefficient (Wildman–Crippen LogP) is 3.28. The van der Waals surface area contributed by atoms with Crippen molar-refractivity contribution in [3.8, 4) is 11.8 Å². The molecular formula is C40H57N5O7. The highest BCUT2D eigenvalue weighted by atomic mass is 16.6. The molecule has 1 aliphatic heterocycles. The van der Waals surface area contributed by atoms with Crippen molar-refractivity contribution in [3.63, 3.8) is 0 Å². The molecule has 12 nitrogen and oxygen atoms in total. The fraction of sp³-hybridized carbons (Fsp3) is 0.525. The van der Waals surface area contributed by atoms with Crippen molar-refractivity contribution in [2.24, 2.45) is 0 Å². The molecule has 0 aliphatic carbocycles. The van der Waals surface area contributed by atoms with Crippen molar-refractivity contribution in [1.29, 1.82) is 0 Å². The molecule has 52 heavy (non-hydrogen) atoms. The smallest absolute Gasteiger partial charge is 0.235 e. The first kappa shape index (κ1) is 42.3. The van der Waals surface area contributed by atoms with E-state index in [2.05, 4.69) is 46.1 Å². The van der Waals surface area contributed by atoms with Gasteiger partial charge in [-0.25, -0.2) is 0 Å². The van der Waals surface area contributed by atoms with Crippen LogP contribution in [0.4, 0.5) is 5.69 Å². The van der Waals surface area contributed by atoms with Crippen molar-refractivity contribution in [1.82, 2.24) is 21.3 Å². The summed E-state index contributed by atoms with van der Waals surface area (Å²) in [6, 6.07) is 15.5. The Bertz CT molecular complexity index is 1470. The molecule has 0 spiro atoms. The second-order valence-corrected chi connectivity index (χ2v) is 12.2. The van der Waals surface area contributed by atoms with Gasteiger partial charge in [0.25, 0.3) is 0 Å². The molecule has 1 atom stereocenters. The SMILES string of the molecule is C/C=C(\CCC)CN[C@H](C)NC(=O)CNCCOCCOCCOCCOCCC(=O)NCCC(=O)N1Cc2ccccc2C#Cc2ccccc21. The summed E-state index contributed by atoms with van der Waals surface area (Å²) in [5.74, 6) is 6.10. The molecule has 1 heterocycles. The quantitative estimate of drug-likeness (QED) is 0.0500. The summed E-state index contributed by atoms with van der Waals surface area (Å²) in [5, 5.41) is 12.2. The lowest BCUT2D eigenvalue weighted by molar-refractivity contribution is -0.123. The van der Waals surface area contributed by atoms with Gasteiger partial charge in [0.15, 0.2) is 0 Å². The minimum absolute atomic E-state index is 0.0634. The molecule has 1 aliphatic rings. The van der Waals surface area contributed by atoms with Gasteiger partial charge in [-0.15, -0.1) is 0 Å². The molecule has 3 amide bonds. The lowest BCUT2D eigenvalue weighted by Gasteiger charge is -2.26. The predicted molar refractivity (Wildman–Crippen MR) is 203 cm³/mol.